The van der Waals surface area contributed by atoms with Gasteiger partial charge in [-0.1, -0.05) is 0 Å². The average Bonchev–Trinajstić information content (AvgIpc) is 2.29. The molecule has 1 aromatic heterocycles. The summed E-state index contributed by atoms with van der Waals surface area (Å²) >= 11 is 0. The first kappa shape index (κ1) is 8.34. The molecule has 0 spiro atoms. The molecular formula is C9H16N2. The van der Waals surface area contributed by atoms with Crippen molar-refractivity contribution in [2.24, 2.45) is 12.8 Å². The lowest BCUT2D eigenvalue weighted by Gasteiger charge is -2.03. The first-order valence-corrected chi connectivity index (χ1v) is 4.06. The highest BCUT2D eigenvalue weighted by Crippen LogP contribution is 2.09. The van der Waals surface area contributed by atoms with E-state index in [0.717, 1.165) is 19.4 Å². The number of hydrogen-bond acceptors (Lipinski definition) is 1. The normalized spacial score (nSPS) is 10.5. The molecule has 0 aliphatic heterocycles. The molecule has 0 unspecified atom stereocenters. The summed E-state index contributed by atoms with van der Waals surface area (Å²) in [6.45, 7) is 2.93. The molecule has 2 N–H and O–H groups in total. The highest BCUT2D eigenvalue weighted by atomic mass is 14.9. The van der Waals surface area contributed by atoms with Gasteiger partial charge < -0.3 is 10.3 Å². The molecule has 0 aliphatic carbocycles. The van der Waals surface area contributed by atoms with E-state index >= 15 is 0 Å². The van der Waals surface area contributed by atoms with Crippen molar-refractivity contribution < 1.29 is 0 Å². The van der Waals surface area contributed by atoms with Gasteiger partial charge in [-0.2, -0.15) is 0 Å². The Morgan fingerprint density at radius 3 is 2.73 bits per heavy atom. The predicted octanol–water partition coefficient (Wildman–Crippen LogP) is 1.22. The van der Waals surface area contributed by atoms with E-state index < -0.39 is 0 Å². The van der Waals surface area contributed by atoms with Crippen LogP contribution in [0, 0.1) is 6.92 Å². The molecule has 11 heavy (non-hydrogen) atoms. The second-order valence-electron chi connectivity index (χ2n) is 2.95. The van der Waals surface area contributed by atoms with E-state index in [1.54, 1.807) is 0 Å². The van der Waals surface area contributed by atoms with Crippen LogP contribution in [-0.2, 0) is 13.5 Å². The third-order valence-corrected chi connectivity index (χ3v) is 2.05. The van der Waals surface area contributed by atoms with Crippen molar-refractivity contribution in [2.75, 3.05) is 6.54 Å². The minimum absolute atomic E-state index is 0.782. The first-order chi connectivity index (χ1) is 5.25. The second-order valence-corrected chi connectivity index (χ2v) is 2.95. The number of aryl methyl sites for hydroxylation is 2. The molecule has 0 saturated heterocycles. The molecule has 0 amide bonds. The summed E-state index contributed by atoms with van der Waals surface area (Å²) < 4.78 is 2.17. The molecule has 0 atom stereocenters. The van der Waals surface area contributed by atoms with Crippen LogP contribution in [0.4, 0.5) is 0 Å². The van der Waals surface area contributed by atoms with Gasteiger partial charge >= 0.3 is 0 Å². The third-order valence-electron chi connectivity index (χ3n) is 2.05. The van der Waals surface area contributed by atoms with Crippen molar-refractivity contribution in [1.82, 2.24) is 4.57 Å². The number of aromatic nitrogens is 1. The summed E-state index contributed by atoms with van der Waals surface area (Å²) in [5.41, 5.74) is 8.22. The minimum atomic E-state index is 0.782. The molecule has 0 radical (unpaired) electrons. The Kier molecular flexibility index (Phi) is 2.71. The third kappa shape index (κ3) is 1.84. The second kappa shape index (κ2) is 3.58. The lowest BCUT2D eigenvalue weighted by Crippen LogP contribution is -2.04. The molecule has 0 saturated carbocycles. The van der Waals surface area contributed by atoms with Crippen molar-refractivity contribution in [2.45, 2.75) is 19.8 Å². The van der Waals surface area contributed by atoms with Gasteiger partial charge in [-0.25, -0.2) is 0 Å². The largest absolute Gasteiger partial charge is 0.354 e. The maximum atomic E-state index is 5.44. The van der Waals surface area contributed by atoms with Crippen LogP contribution in [0.15, 0.2) is 12.3 Å². The van der Waals surface area contributed by atoms with E-state index in [1.165, 1.54) is 11.3 Å². The van der Waals surface area contributed by atoms with Crippen molar-refractivity contribution >= 4 is 0 Å². The number of nitrogens with two attached hydrogens (primary N) is 1. The summed E-state index contributed by atoms with van der Waals surface area (Å²) in [7, 11) is 2.08. The summed E-state index contributed by atoms with van der Waals surface area (Å²) in [6.07, 6.45) is 4.28. The monoisotopic (exact) mass is 152 g/mol. The van der Waals surface area contributed by atoms with Crippen molar-refractivity contribution in [3.63, 3.8) is 0 Å². The summed E-state index contributed by atoms with van der Waals surface area (Å²) in [5.74, 6) is 0. The van der Waals surface area contributed by atoms with Gasteiger partial charge in [0.25, 0.3) is 0 Å². The van der Waals surface area contributed by atoms with Gasteiger partial charge in [0, 0.05) is 18.9 Å². The van der Waals surface area contributed by atoms with Gasteiger partial charge in [0.15, 0.2) is 0 Å². The topological polar surface area (TPSA) is 30.9 Å². The average molecular weight is 152 g/mol. The van der Waals surface area contributed by atoms with Crippen LogP contribution in [0.25, 0.3) is 0 Å². The van der Waals surface area contributed by atoms with Crippen LogP contribution in [0.2, 0.25) is 0 Å². The SMILES string of the molecule is Cc1ccn(C)c1CCCN. The first-order valence-electron chi connectivity index (χ1n) is 4.06. The predicted molar refractivity (Wildman–Crippen MR) is 47.5 cm³/mol. The van der Waals surface area contributed by atoms with E-state index in [-0.39, 0.29) is 0 Å². The maximum absolute atomic E-state index is 5.44. The van der Waals surface area contributed by atoms with E-state index in [1.807, 2.05) is 0 Å². The Hall–Kier alpha value is -0.760. The fourth-order valence-corrected chi connectivity index (χ4v) is 1.33. The molecular weight excluding hydrogens is 136 g/mol. The van der Waals surface area contributed by atoms with Crippen LogP contribution in [-0.4, -0.2) is 11.1 Å². The Balaban J connectivity index is 2.67. The fourth-order valence-electron chi connectivity index (χ4n) is 1.33. The molecule has 1 heterocycles. The molecule has 2 nitrogen and oxygen atoms in total. The van der Waals surface area contributed by atoms with E-state index in [0.29, 0.717) is 0 Å². The summed E-state index contributed by atoms with van der Waals surface area (Å²) in [4.78, 5) is 0. The zero-order valence-corrected chi connectivity index (χ0v) is 7.30. The smallest absolute Gasteiger partial charge is 0.0201 e. The zero-order chi connectivity index (χ0) is 8.27. The lowest BCUT2D eigenvalue weighted by molar-refractivity contribution is 0.750. The van der Waals surface area contributed by atoms with Crippen LogP contribution >= 0.6 is 0 Å². The van der Waals surface area contributed by atoms with E-state index in [2.05, 4.69) is 30.8 Å². The van der Waals surface area contributed by atoms with Crippen LogP contribution < -0.4 is 5.73 Å². The highest BCUT2D eigenvalue weighted by Gasteiger charge is 2.00. The molecule has 0 fully saturated rings. The molecule has 0 aromatic carbocycles. The number of rotatable bonds is 3. The van der Waals surface area contributed by atoms with Crippen molar-refractivity contribution in [3.8, 4) is 0 Å². The quantitative estimate of drug-likeness (QED) is 0.693. The minimum Gasteiger partial charge on any atom is -0.354 e. The molecule has 0 bridgehead atoms. The molecule has 0 aliphatic rings. The van der Waals surface area contributed by atoms with E-state index in [4.69, 9.17) is 5.73 Å². The summed E-state index contributed by atoms with van der Waals surface area (Å²) in [6, 6.07) is 2.14. The maximum Gasteiger partial charge on any atom is 0.0201 e. The van der Waals surface area contributed by atoms with Gasteiger partial charge in [-0.15, -0.1) is 0 Å². The standard InChI is InChI=1S/C9H16N2/c1-8-5-7-11(2)9(8)4-3-6-10/h5,7H,3-4,6,10H2,1-2H3. The van der Waals surface area contributed by atoms with Gasteiger partial charge in [0.1, 0.15) is 0 Å². The van der Waals surface area contributed by atoms with Crippen LogP contribution in [0.3, 0.4) is 0 Å². The van der Waals surface area contributed by atoms with E-state index in [9.17, 15) is 0 Å². The molecule has 1 aromatic rings. The molecule has 62 valence electrons. The number of nitrogens with zero attached hydrogens (tertiary/aromatic N) is 1. The zero-order valence-electron chi connectivity index (χ0n) is 7.30. The number of hydrogen-bond donors (Lipinski definition) is 1. The van der Waals surface area contributed by atoms with Gasteiger partial charge in [0.05, 0.1) is 0 Å². The lowest BCUT2D eigenvalue weighted by atomic mass is 10.2. The van der Waals surface area contributed by atoms with Gasteiger partial charge in [-0.3, -0.25) is 0 Å². The Bertz CT molecular complexity index is 206. The Morgan fingerprint density at radius 2 is 2.27 bits per heavy atom. The van der Waals surface area contributed by atoms with Gasteiger partial charge in [-0.05, 0) is 37.9 Å². The van der Waals surface area contributed by atoms with Crippen molar-refractivity contribution in [1.29, 1.82) is 0 Å². The molecule has 1 rings (SSSR count). The Morgan fingerprint density at radius 1 is 1.55 bits per heavy atom. The van der Waals surface area contributed by atoms with Gasteiger partial charge in [0.2, 0.25) is 0 Å². The van der Waals surface area contributed by atoms with Crippen LogP contribution in [0.1, 0.15) is 17.7 Å². The summed E-state index contributed by atoms with van der Waals surface area (Å²) in [5, 5.41) is 0. The van der Waals surface area contributed by atoms with Crippen LogP contribution in [0.5, 0.6) is 0 Å². The molecule has 2 heteroatoms. The highest BCUT2D eigenvalue weighted by molar-refractivity contribution is 5.20. The fraction of sp³-hybridized carbons (Fsp3) is 0.556. The van der Waals surface area contributed by atoms with Crippen molar-refractivity contribution in [3.05, 3.63) is 23.5 Å². The Labute approximate surface area is 68.0 Å².